The first-order chi connectivity index (χ1) is 8.56. The number of nitrogens with zero attached hydrogens (tertiary/aromatic N) is 1. The number of hydrogen-bond acceptors (Lipinski definition) is 2. The average Bonchev–Trinajstić information content (AvgIpc) is 2.62. The van der Waals surface area contributed by atoms with Crippen molar-refractivity contribution in [1.29, 1.82) is 0 Å². The lowest BCUT2D eigenvalue weighted by molar-refractivity contribution is 0.0833. The van der Waals surface area contributed by atoms with Crippen LogP contribution in [0.25, 0.3) is 0 Å². The van der Waals surface area contributed by atoms with Gasteiger partial charge in [-0.2, -0.15) is 0 Å². The molecule has 1 aliphatic carbocycles. The molecule has 1 atom stereocenters. The quantitative estimate of drug-likeness (QED) is 0.574. The van der Waals surface area contributed by atoms with Gasteiger partial charge in [-0.3, -0.25) is 0 Å². The third kappa shape index (κ3) is 3.58. The Morgan fingerprint density at radius 1 is 1.22 bits per heavy atom. The van der Waals surface area contributed by atoms with Gasteiger partial charge in [0.15, 0.2) is 0 Å². The molecule has 1 rings (SSSR count). The van der Waals surface area contributed by atoms with E-state index in [1.807, 2.05) is 0 Å². The van der Waals surface area contributed by atoms with Crippen molar-refractivity contribution in [2.24, 2.45) is 0 Å². The van der Waals surface area contributed by atoms with E-state index < -0.39 is 0 Å². The number of hydrogen-bond donors (Lipinski definition) is 1. The summed E-state index contributed by atoms with van der Waals surface area (Å²) in [7, 11) is 6.62. The topological polar surface area (TPSA) is 15.3 Å². The second-order valence-electron chi connectivity index (χ2n) is 6.06. The predicted octanol–water partition coefficient (Wildman–Crippen LogP) is 3.59. The molecule has 18 heavy (non-hydrogen) atoms. The summed E-state index contributed by atoms with van der Waals surface area (Å²) in [5.74, 6) is 0. The Kier molecular flexibility index (Phi) is 6.37. The van der Waals surface area contributed by atoms with Crippen molar-refractivity contribution in [1.82, 2.24) is 10.2 Å². The van der Waals surface area contributed by atoms with E-state index in [1.165, 1.54) is 44.1 Å². The fraction of sp³-hybridized carbons (Fsp3) is 0.875. The van der Waals surface area contributed by atoms with Gasteiger partial charge in [0.2, 0.25) is 0 Å². The van der Waals surface area contributed by atoms with E-state index in [4.69, 9.17) is 0 Å². The van der Waals surface area contributed by atoms with Crippen LogP contribution in [0.5, 0.6) is 0 Å². The van der Waals surface area contributed by atoms with Gasteiger partial charge in [-0.1, -0.05) is 44.8 Å². The van der Waals surface area contributed by atoms with Gasteiger partial charge < -0.3 is 10.2 Å². The van der Waals surface area contributed by atoms with Crippen LogP contribution in [0.3, 0.4) is 0 Å². The maximum absolute atomic E-state index is 4.21. The van der Waals surface area contributed by atoms with Gasteiger partial charge in [0, 0.05) is 11.6 Å². The fourth-order valence-corrected chi connectivity index (χ4v) is 3.44. The lowest BCUT2D eigenvalue weighted by Crippen LogP contribution is -2.58. The maximum Gasteiger partial charge on any atom is 0.0359 e. The van der Waals surface area contributed by atoms with Crippen LogP contribution in [0.15, 0.2) is 12.2 Å². The summed E-state index contributed by atoms with van der Waals surface area (Å²) < 4.78 is 0. The van der Waals surface area contributed by atoms with Gasteiger partial charge in [0.1, 0.15) is 0 Å². The molecule has 0 aromatic carbocycles. The highest BCUT2D eigenvalue weighted by Gasteiger charge is 2.39. The van der Waals surface area contributed by atoms with Crippen LogP contribution >= 0.6 is 0 Å². The Morgan fingerprint density at radius 2 is 1.78 bits per heavy atom. The molecule has 2 heteroatoms. The molecular formula is C16H32N2. The first-order valence-corrected chi connectivity index (χ1v) is 7.58. The lowest BCUT2D eigenvalue weighted by atomic mass is 9.78. The van der Waals surface area contributed by atoms with Crippen molar-refractivity contribution in [3.05, 3.63) is 12.2 Å². The molecule has 0 aromatic rings. The zero-order valence-corrected chi connectivity index (χ0v) is 12.9. The minimum Gasteiger partial charge on any atom is -0.315 e. The molecule has 0 amide bonds. The summed E-state index contributed by atoms with van der Waals surface area (Å²) >= 11 is 0. The van der Waals surface area contributed by atoms with E-state index in [1.54, 1.807) is 0 Å². The Hall–Kier alpha value is -0.340. The zero-order valence-electron chi connectivity index (χ0n) is 12.9. The summed E-state index contributed by atoms with van der Waals surface area (Å²) in [6.45, 7) is 6.42. The molecule has 0 aliphatic heterocycles. The minimum absolute atomic E-state index is 0.323. The third-order valence-corrected chi connectivity index (χ3v) is 4.85. The minimum atomic E-state index is 0.323. The van der Waals surface area contributed by atoms with Gasteiger partial charge in [-0.15, -0.1) is 0 Å². The summed E-state index contributed by atoms with van der Waals surface area (Å²) in [5.41, 5.74) is 1.70. The highest BCUT2D eigenvalue weighted by Crippen LogP contribution is 2.36. The van der Waals surface area contributed by atoms with Gasteiger partial charge in [0.05, 0.1) is 0 Å². The van der Waals surface area contributed by atoms with Crippen molar-refractivity contribution in [3.63, 3.8) is 0 Å². The molecule has 0 radical (unpaired) electrons. The van der Waals surface area contributed by atoms with Crippen LogP contribution in [0.1, 0.15) is 58.3 Å². The zero-order chi connectivity index (χ0) is 13.6. The standard InChI is InChI=1S/C16H32N2/c1-6-14(2)13-15(17-3)16(18(4)5)11-9-7-8-10-12-16/h15,17H,2,6-13H2,1,3-5H3. The SMILES string of the molecule is C=C(CC)CC(NC)C1(N(C)C)CCCCCC1. The van der Waals surface area contributed by atoms with Crippen molar-refractivity contribution in [2.75, 3.05) is 21.1 Å². The Balaban J connectivity index is 2.88. The van der Waals surface area contributed by atoms with Crippen molar-refractivity contribution in [3.8, 4) is 0 Å². The summed E-state index contributed by atoms with van der Waals surface area (Å²) in [6, 6.07) is 0.540. The van der Waals surface area contributed by atoms with E-state index in [0.29, 0.717) is 11.6 Å². The predicted molar refractivity (Wildman–Crippen MR) is 81.0 cm³/mol. The molecule has 106 valence electrons. The van der Waals surface area contributed by atoms with Crippen LogP contribution in [0.4, 0.5) is 0 Å². The van der Waals surface area contributed by atoms with Crippen LogP contribution in [-0.2, 0) is 0 Å². The molecule has 0 heterocycles. The van der Waals surface area contributed by atoms with Gasteiger partial charge >= 0.3 is 0 Å². The van der Waals surface area contributed by atoms with Crippen molar-refractivity contribution >= 4 is 0 Å². The summed E-state index contributed by atoms with van der Waals surface area (Å²) in [6.07, 6.45) is 10.4. The van der Waals surface area contributed by atoms with Gasteiger partial charge in [0.25, 0.3) is 0 Å². The molecular weight excluding hydrogens is 220 g/mol. The highest BCUT2D eigenvalue weighted by molar-refractivity contribution is 5.06. The van der Waals surface area contributed by atoms with E-state index in [2.05, 4.69) is 44.9 Å². The molecule has 0 aromatic heterocycles. The largest absolute Gasteiger partial charge is 0.315 e. The van der Waals surface area contributed by atoms with Crippen LogP contribution < -0.4 is 5.32 Å². The highest BCUT2D eigenvalue weighted by atomic mass is 15.2. The third-order valence-electron chi connectivity index (χ3n) is 4.85. The van der Waals surface area contributed by atoms with E-state index in [-0.39, 0.29) is 0 Å². The fourth-order valence-electron chi connectivity index (χ4n) is 3.44. The lowest BCUT2D eigenvalue weighted by Gasteiger charge is -2.46. The molecule has 2 nitrogen and oxygen atoms in total. The average molecular weight is 252 g/mol. The van der Waals surface area contributed by atoms with Crippen molar-refractivity contribution in [2.45, 2.75) is 69.9 Å². The molecule has 0 spiro atoms. The normalized spacial score (nSPS) is 21.6. The Bertz CT molecular complexity index is 250. The Labute approximate surface area is 114 Å². The van der Waals surface area contributed by atoms with Crippen molar-refractivity contribution < 1.29 is 0 Å². The van der Waals surface area contributed by atoms with Gasteiger partial charge in [-0.25, -0.2) is 0 Å². The Morgan fingerprint density at radius 3 is 2.17 bits per heavy atom. The summed E-state index contributed by atoms with van der Waals surface area (Å²) in [4.78, 5) is 2.47. The maximum atomic E-state index is 4.21. The number of rotatable bonds is 6. The smallest absolute Gasteiger partial charge is 0.0359 e. The first kappa shape index (κ1) is 15.7. The van der Waals surface area contributed by atoms with Crippen LogP contribution in [-0.4, -0.2) is 37.6 Å². The van der Waals surface area contributed by atoms with E-state index in [9.17, 15) is 0 Å². The molecule has 1 aliphatic rings. The number of likely N-dealkylation sites (N-methyl/N-ethyl adjacent to an activating group) is 2. The number of nitrogens with one attached hydrogen (secondary N) is 1. The van der Waals surface area contributed by atoms with E-state index >= 15 is 0 Å². The molecule has 1 saturated carbocycles. The molecule has 1 fully saturated rings. The van der Waals surface area contributed by atoms with E-state index in [0.717, 1.165) is 12.8 Å². The second kappa shape index (κ2) is 7.30. The molecule has 1 unspecified atom stereocenters. The van der Waals surface area contributed by atoms with Crippen LogP contribution in [0.2, 0.25) is 0 Å². The molecule has 1 N–H and O–H groups in total. The second-order valence-corrected chi connectivity index (χ2v) is 6.06. The molecule has 0 saturated heterocycles. The van der Waals surface area contributed by atoms with Gasteiger partial charge in [-0.05, 0) is 46.8 Å². The van der Waals surface area contributed by atoms with Crippen LogP contribution in [0, 0.1) is 0 Å². The molecule has 0 bridgehead atoms. The summed E-state index contributed by atoms with van der Waals surface area (Å²) in [5, 5.41) is 3.58. The first-order valence-electron chi connectivity index (χ1n) is 7.58. The monoisotopic (exact) mass is 252 g/mol.